The maximum atomic E-state index is 6.34. The lowest BCUT2D eigenvalue weighted by Crippen LogP contribution is -2.42. The number of hydrogen-bond donors (Lipinski definition) is 0. The lowest BCUT2D eigenvalue weighted by molar-refractivity contribution is -0.0785. The van der Waals surface area contributed by atoms with Crippen LogP contribution in [0.1, 0.15) is 47.2 Å². The number of methoxy groups -OCH3 is 1. The average molecular weight is 489 g/mol. The van der Waals surface area contributed by atoms with Gasteiger partial charge >= 0.3 is 0 Å². The quantitative estimate of drug-likeness (QED) is 0.452. The van der Waals surface area contributed by atoms with Gasteiger partial charge in [0.1, 0.15) is 18.1 Å². The second-order valence-electron chi connectivity index (χ2n) is 9.48. The molecular weight excluding hydrogens is 460 g/mol. The van der Waals surface area contributed by atoms with Crippen LogP contribution in [-0.2, 0) is 23.6 Å². The Morgan fingerprint density at radius 1 is 1.09 bits per heavy atom. The van der Waals surface area contributed by atoms with Gasteiger partial charge in [0.25, 0.3) is 0 Å². The highest BCUT2D eigenvalue weighted by Crippen LogP contribution is 2.45. The largest absolute Gasteiger partial charge is 0.497 e. The first-order valence-electron chi connectivity index (χ1n) is 12.3. The second kappa shape index (κ2) is 9.30. The first-order chi connectivity index (χ1) is 17.1. The maximum absolute atomic E-state index is 6.34. The van der Waals surface area contributed by atoms with Crippen molar-refractivity contribution in [1.82, 2.24) is 9.88 Å². The van der Waals surface area contributed by atoms with Gasteiger partial charge in [0.15, 0.2) is 0 Å². The molecule has 0 atom stereocenters. The van der Waals surface area contributed by atoms with Crippen molar-refractivity contribution < 1.29 is 14.2 Å². The zero-order valence-electron chi connectivity index (χ0n) is 19.9. The van der Waals surface area contributed by atoms with Crippen molar-refractivity contribution in [2.45, 2.75) is 38.1 Å². The van der Waals surface area contributed by atoms with Crippen LogP contribution in [0, 0.1) is 0 Å². The number of benzene rings is 2. The molecule has 0 N–H and O–H groups in total. The topological polar surface area (TPSA) is 43.8 Å². The number of aromatic nitrogens is 1. The average Bonchev–Trinajstić information content (AvgIpc) is 3.15. The van der Waals surface area contributed by atoms with Gasteiger partial charge in [-0.05, 0) is 72.4 Å². The second-order valence-corrected chi connectivity index (χ2v) is 9.92. The predicted molar refractivity (Wildman–Crippen MR) is 137 cm³/mol. The maximum Gasteiger partial charge on any atom is 0.131 e. The number of rotatable bonds is 4. The molecule has 0 unspecified atom stereocenters. The Hall–Kier alpha value is -2.86. The Morgan fingerprint density at radius 3 is 2.83 bits per heavy atom. The lowest BCUT2D eigenvalue weighted by atomic mass is 9.84. The first-order valence-corrected chi connectivity index (χ1v) is 12.6. The number of fused-ring (bicyclic) bond motifs is 4. The molecule has 5 nitrogen and oxygen atoms in total. The van der Waals surface area contributed by atoms with Crippen LogP contribution in [0.2, 0.25) is 5.02 Å². The van der Waals surface area contributed by atoms with E-state index < -0.39 is 0 Å². The number of pyridine rings is 1. The fourth-order valence-electron chi connectivity index (χ4n) is 5.62. The van der Waals surface area contributed by atoms with Crippen molar-refractivity contribution in [3.05, 3.63) is 93.8 Å². The Kier molecular flexibility index (Phi) is 6.01. The number of hydrogen-bond acceptors (Lipinski definition) is 5. The fraction of sp³-hybridized carbons (Fsp3) is 0.345. The third kappa shape index (κ3) is 4.22. The van der Waals surface area contributed by atoms with Crippen molar-refractivity contribution in [3.63, 3.8) is 0 Å². The number of halogens is 1. The summed E-state index contributed by atoms with van der Waals surface area (Å²) in [6.45, 7) is 4.18. The van der Waals surface area contributed by atoms with Gasteiger partial charge in [-0.2, -0.15) is 0 Å². The molecular formula is C29H29ClN2O3. The van der Waals surface area contributed by atoms with Crippen LogP contribution in [0.4, 0.5) is 0 Å². The first kappa shape index (κ1) is 22.6. The summed E-state index contributed by atoms with van der Waals surface area (Å²) in [6.07, 6.45) is 7.10. The SMILES string of the molecule is COc1ccc2c(c1)/C(=C/CCN1CCC3(CC1)OCc1ccc(Cl)cc13)c1cccnc1CO2. The zero-order valence-corrected chi connectivity index (χ0v) is 20.7. The Labute approximate surface area is 211 Å². The minimum atomic E-state index is -0.173. The Morgan fingerprint density at radius 2 is 1.97 bits per heavy atom. The third-order valence-electron chi connectivity index (χ3n) is 7.55. The number of piperidine rings is 1. The molecule has 0 amide bonds. The molecule has 6 rings (SSSR count). The zero-order chi connectivity index (χ0) is 23.8. The van der Waals surface area contributed by atoms with Crippen molar-refractivity contribution in [2.24, 2.45) is 0 Å². The molecule has 0 bridgehead atoms. The van der Waals surface area contributed by atoms with Crippen molar-refractivity contribution in [1.29, 1.82) is 0 Å². The normalized spacial score (nSPS) is 19.5. The minimum Gasteiger partial charge on any atom is -0.497 e. The smallest absolute Gasteiger partial charge is 0.131 e. The van der Waals surface area contributed by atoms with Gasteiger partial charge in [0.05, 0.1) is 25.0 Å². The molecule has 0 radical (unpaired) electrons. The predicted octanol–water partition coefficient (Wildman–Crippen LogP) is 5.98. The van der Waals surface area contributed by atoms with E-state index in [4.69, 9.17) is 25.8 Å². The summed E-state index contributed by atoms with van der Waals surface area (Å²) in [6, 6.07) is 16.3. The summed E-state index contributed by atoms with van der Waals surface area (Å²) < 4.78 is 17.9. The number of likely N-dealkylation sites (tertiary alicyclic amines) is 1. The van der Waals surface area contributed by atoms with Crippen molar-refractivity contribution in [3.8, 4) is 11.5 Å². The van der Waals surface area contributed by atoms with Gasteiger partial charge in [-0.3, -0.25) is 4.98 Å². The molecule has 2 aromatic carbocycles. The molecule has 1 saturated heterocycles. The van der Waals surface area contributed by atoms with E-state index in [2.05, 4.69) is 40.2 Å². The van der Waals surface area contributed by atoms with Gasteiger partial charge in [-0.25, -0.2) is 0 Å². The highest BCUT2D eigenvalue weighted by atomic mass is 35.5. The van der Waals surface area contributed by atoms with Gasteiger partial charge in [0.2, 0.25) is 0 Å². The number of ether oxygens (including phenoxy) is 3. The molecule has 3 aromatic rings. The molecule has 1 spiro atoms. The van der Waals surface area contributed by atoms with Gasteiger partial charge < -0.3 is 19.1 Å². The van der Waals surface area contributed by atoms with E-state index in [9.17, 15) is 0 Å². The van der Waals surface area contributed by atoms with Crippen LogP contribution >= 0.6 is 11.6 Å². The van der Waals surface area contributed by atoms with Crippen molar-refractivity contribution >= 4 is 17.2 Å². The Bertz CT molecular complexity index is 1280. The molecule has 35 heavy (non-hydrogen) atoms. The van der Waals surface area contributed by atoms with Crippen LogP contribution in [-0.4, -0.2) is 36.6 Å². The third-order valence-corrected chi connectivity index (χ3v) is 7.78. The van der Waals surface area contributed by atoms with E-state index in [-0.39, 0.29) is 5.60 Å². The van der Waals surface area contributed by atoms with Gasteiger partial charge in [0, 0.05) is 42.0 Å². The van der Waals surface area contributed by atoms with E-state index in [0.717, 1.165) is 77.8 Å². The summed E-state index contributed by atoms with van der Waals surface area (Å²) in [4.78, 5) is 7.13. The molecule has 1 aromatic heterocycles. The summed E-state index contributed by atoms with van der Waals surface area (Å²) in [7, 11) is 1.70. The molecule has 180 valence electrons. The molecule has 0 saturated carbocycles. The summed E-state index contributed by atoms with van der Waals surface area (Å²) in [5, 5.41) is 0.793. The molecule has 6 heteroatoms. The van der Waals surface area contributed by atoms with E-state index in [1.807, 2.05) is 30.5 Å². The van der Waals surface area contributed by atoms with Crippen molar-refractivity contribution in [2.75, 3.05) is 26.7 Å². The summed E-state index contributed by atoms with van der Waals surface area (Å²) in [5.41, 5.74) is 6.71. The molecule has 1 fully saturated rings. The van der Waals surface area contributed by atoms with Crippen LogP contribution in [0.3, 0.4) is 0 Å². The monoisotopic (exact) mass is 488 g/mol. The van der Waals surface area contributed by atoms with Gasteiger partial charge in [-0.1, -0.05) is 29.8 Å². The number of nitrogens with zero attached hydrogens (tertiary/aromatic N) is 2. The highest BCUT2D eigenvalue weighted by molar-refractivity contribution is 6.30. The van der Waals surface area contributed by atoms with Crippen LogP contribution in [0.25, 0.3) is 5.57 Å². The minimum absolute atomic E-state index is 0.173. The Balaban J connectivity index is 1.19. The molecule has 4 heterocycles. The highest BCUT2D eigenvalue weighted by Gasteiger charge is 2.42. The summed E-state index contributed by atoms with van der Waals surface area (Å²) in [5.74, 6) is 1.69. The lowest BCUT2D eigenvalue weighted by Gasteiger charge is -2.39. The summed E-state index contributed by atoms with van der Waals surface area (Å²) >= 11 is 6.31. The van der Waals surface area contributed by atoms with Crippen LogP contribution in [0.5, 0.6) is 11.5 Å². The molecule has 0 aliphatic carbocycles. The van der Waals surface area contributed by atoms with Gasteiger partial charge in [-0.15, -0.1) is 0 Å². The molecule has 3 aliphatic rings. The van der Waals surface area contributed by atoms with Crippen LogP contribution in [0.15, 0.2) is 60.8 Å². The molecule has 3 aliphatic heterocycles. The fourth-order valence-corrected chi connectivity index (χ4v) is 5.79. The van der Waals surface area contributed by atoms with E-state index in [0.29, 0.717) is 13.2 Å². The standard InChI is InChI=1S/C29H29ClN2O3/c1-33-22-8-9-28-25(17-22)23(24-4-2-12-31-27(24)19-34-28)5-3-13-32-14-10-29(11-15-32)26-16-21(30)7-6-20(26)18-35-29/h2,4-9,12,16-17H,3,10-11,13-15,18-19H2,1H3/b23-5+. The van der Waals surface area contributed by atoms with E-state index >= 15 is 0 Å². The van der Waals surface area contributed by atoms with E-state index in [1.54, 1.807) is 7.11 Å². The van der Waals surface area contributed by atoms with Crippen LogP contribution < -0.4 is 9.47 Å². The van der Waals surface area contributed by atoms with E-state index in [1.165, 1.54) is 11.1 Å².